The van der Waals surface area contributed by atoms with Crippen molar-refractivity contribution in [2.45, 2.75) is 75.2 Å². The molecule has 13 heteroatoms. The molecule has 0 aromatic heterocycles. The molecule has 0 radical (unpaired) electrons. The van der Waals surface area contributed by atoms with Crippen molar-refractivity contribution in [1.82, 2.24) is 9.80 Å². The molecular weight excluding hydrogens is 583 g/mol. The smallest absolute Gasteiger partial charge is 0.368 e. The fourth-order valence-electron chi connectivity index (χ4n) is 6.57. The first-order valence-corrected chi connectivity index (χ1v) is 14.0. The highest BCUT2D eigenvalue weighted by Crippen LogP contribution is 2.45. The molecule has 0 saturated carbocycles. The van der Waals surface area contributed by atoms with Crippen molar-refractivity contribution >= 4 is 11.8 Å². The Morgan fingerprint density at radius 1 is 1.05 bits per heavy atom. The molecule has 3 saturated heterocycles. The Labute approximate surface area is 243 Å². The molecule has 234 valence electrons. The second-order valence-corrected chi connectivity index (χ2v) is 12.1. The second-order valence-electron chi connectivity index (χ2n) is 12.1. The summed E-state index contributed by atoms with van der Waals surface area (Å²) in [6.45, 7) is 4.02. The largest absolute Gasteiger partial charge is 0.416 e. The molecule has 2 aromatic carbocycles. The van der Waals surface area contributed by atoms with Gasteiger partial charge in [0.25, 0.3) is 0 Å². The van der Waals surface area contributed by atoms with E-state index in [0.717, 1.165) is 0 Å². The summed E-state index contributed by atoms with van der Waals surface area (Å²) in [5.41, 5.74) is 2.99. The standard InChI is InChI=1S/C30H32F7N3O3/c1-16(18-9-20(29(32,33)34)13-21(10-18)30(35,36)37)43-24-14-40-23(26(24)17-3-5-22(31)6-4-17)11-19(12-25(40)41)27(42)39-8-7-28(2,38)15-39/h3-6,9-10,13,16,19,23-24,26H,7-8,11-12,14-15,38H2,1-2H3/t16-,19?,23+,24+,26?,28?/m1/s1. The maximum atomic E-state index is 13.8. The van der Waals surface area contributed by atoms with Crippen LogP contribution >= 0.6 is 0 Å². The van der Waals surface area contributed by atoms with Crippen molar-refractivity contribution in [3.63, 3.8) is 0 Å². The van der Waals surface area contributed by atoms with Crippen LogP contribution in [0.2, 0.25) is 0 Å². The highest BCUT2D eigenvalue weighted by molar-refractivity contribution is 5.88. The summed E-state index contributed by atoms with van der Waals surface area (Å²) in [6, 6.07) is 6.20. The molecule has 5 rings (SSSR count). The third-order valence-electron chi connectivity index (χ3n) is 8.74. The fraction of sp³-hybridized carbons (Fsp3) is 0.533. The van der Waals surface area contributed by atoms with Gasteiger partial charge in [-0.05, 0) is 68.1 Å². The Bertz CT molecular complexity index is 1340. The van der Waals surface area contributed by atoms with E-state index >= 15 is 0 Å². The van der Waals surface area contributed by atoms with Crippen molar-refractivity contribution in [2.75, 3.05) is 19.6 Å². The molecule has 2 amide bonds. The molecule has 3 heterocycles. The summed E-state index contributed by atoms with van der Waals surface area (Å²) in [4.78, 5) is 30.0. The average Bonchev–Trinajstić information content (AvgIpc) is 3.47. The minimum absolute atomic E-state index is 0.00642. The summed E-state index contributed by atoms with van der Waals surface area (Å²) >= 11 is 0. The van der Waals surface area contributed by atoms with Crippen molar-refractivity contribution in [3.05, 3.63) is 70.5 Å². The first kappa shape index (κ1) is 31.2. The quantitative estimate of drug-likeness (QED) is 0.441. The summed E-state index contributed by atoms with van der Waals surface area (Å²) in [6.07, 6.45) is -11.3. The Morgan fingerprint density at radius 3 is 2.19 bits per heavy atom. The molecule has 0 spiro atoms. The Morgan fingerprint density at radius 2 is 1.65 bits per heavy atom. The van der Waals surface area contributed by atoms with Gasteiger partial charge in [-0.15, -0.1) is 0 Å². The predicted octanol–water partition coefficient (Wildman–Crippen LogP) is 5.66. The SMILES string of the molecule is C[C@@H](O[C@H]1CN2C(=O)CC(C(=O)N3CCC(C)(N)C3)C[C@H]2C1c1ccc(F)cc1)c1cc(C(F)(F)F)cc(C(F)(F)F)c1. The van der Waals surface area contributed by atoms with Crippen LogP contribution in [0.4, 0.5) is 30.7 Å². The lowest BCUT2D eigenvalue weighted by molar-refractivity contribution is -0.146. The van der Waals surface area contributed by atoms with Gasteiger partial charge in [-0.3, -0.25) is 9.59 Å². The van der Waals surface area contributed by atoms with Gasteiger partial charge in [0, 0.05) is 49.5 Å². The van der Waals surface area contributed by atoms with E-state index in [2.05, 4.69) is 0 Å². The van der Waals surface area contributed by atoms with Crippen LogP contribution in [0.3, 0.4) is 0 Å². The molecule has 3 aliphatic heterocycles. The van der Waals surface area contributed by atoms with E-state index in [1.165, 1.54) is 31.2 Å². The lowest BCUT2D eigenvalue weighted by Gasteiger charge is -2.37. The molecule has 3 aliphatic rings. The third kappa shape index (κ3) is 6.52. The second kappa shape index (κ2) is 11.1. The number of nitrogens with two attached hydrogens (primary N) is 1. The predicted molar refractivity (Wildman–Crippen MR) is 141 cm³/mol. The van der Waals surface area contributed by atoms with Crippen LogP contribution in [0.15, 0.2) is 42.5 Å². The van der Waals surface area contributed by atoms with Gasteiger partial charge >= 0.3 is 12.4 Å². The van der Waals surface area contributed by atoms with Crippen molar-refractivity contribution in [3.8, 4) is 0 Å². The van der Waals surface area contributed by atoms with Crippen LogP contribution in [0.5, 0.6) is 0 Å². The van der Waals surface area contributed by atoms with E-state index < -0.39 is 64.9 Å². The van der Waals surface area contributed by atoms with Crippen molar-refractivity contribution in [1.29, 1.82) is 0 Å². The molecule has 3 fully saturated rings. The molecule has 6 atom stereocenters. The van der Waals surface area contributed by atoms with Gasteiger partial charge in [0.2, 0.25) is 11.8 Å². The summed E-state index contributed by atoms with van der Waals surface area (Å²) in [5.74, 6) is -2.27. The van der Waals surface area contributed by atoms with E-state index in [1.54, 1.807) is 9.80 Å². The lowest BCUT2D eigenvalue weighted by atomic mass is 9.81. The van der Waals surface area contributed by atoms with Crippen LogP contribution in [0, 0.1) is 11.7 Å². The number of benzene rings is 2. The molecule has 2 aromatic rings. The number of fused-ring (bicyclic) bond motifs is 1. The number of piperidine rings is 1. The van der Waals surface area contributed by atoms with E-state index in [9.17, 15) is 40.3 Å². The van der Waals surface area contributed by atoms with E-state index in [-0.39, 0.29) is 42.8 Å². The zero-order chi connectivity index (χ0) is 31.5. The minimum atomic E-state index is -5.02. The summed E-state index contributed by atoms with van der Waals surface area (Å²) in [7, 11) is 0. The van der Waals surface area contributed by atoms with Crippen LogP contribution < -0.4 is 5.73 Å². The molecule has 3 unspecified atom stereocenters. The number of ether oxygens (including phenoxy) is 1. The number of hydrogen-bond donors (Lipinski definition) is 1. The maximum Gasteiger partial charge on any atom is 0.416 e. The number of alkyl halides is 6. The fourth-order valence-corrected chi connectivity index (χ4v) is 6.57. The zero-order valence-corrected chi connectivity index (χ0v) is 23.5. The highest BCUT2D eigenvalue weighted by atomic mass is 19.4. The number of hydrogen-bond acceptors (Lipinski definition) is 4. The van der Waals surface area contributed by atoms with Crippen molar-refractivity contribution in [2.24, 2.45) is 11.7 Å². The molecule has 0 bridgehead atoms. The molecule has 6 nitrogen and oxygen atoms in total. The van der Waals surface area contributed by atoms with E-state index in [0.29, 0.717) is 37.2 Å². The van der Waals surface area contributed by atoms with Crippen molar-refractivity contribution < 1.29 is 45.1 Å². The molecule has 2 N–H and O–H groups in total. The average molecular weight is 616 g/mol. The first-order chi connectivity index (χ1) is 19.9. The number of carbonyl (C=O) groups excluding carboxylic acids is 2. The first-order valence-electron chi connectivity index (χ1n) is 14.0. The minimum Gasteiger partial charge on any atom is -0.368 e. The van der Waals surface area contributed by atoms with E-state index in [4.69, 9.17) is 10.5 Å². The monoisotopic (exact) mass is 615 g/mol. The number of carbonyl (C=O) groups is 2. The topological polar surface area (TPSA) is 75.9 Å². The third-order valence-corrected chi connectivity index (χ3v) is 8.74. The van der Waals surface area contributed by atoms with Crippen LogP contribution in [-0.4, -0.2) is 58.9 Å². The van der Waals surface area contributed by atoms with E-state index in [1.807, 2.05) is 6.92 Å². The van der Waals surface area contributed by atoms with Gasteiger partial charge in [-0.2, -0.15) is 26.3 Å². The van der Waals surface area contributed by atoms with Gasteiger partial charge in [0.15, 0.2) is 0 Å². The van der Waals surface area contributed by atoms with Crippen LogP contribution in [0.1, 0.15) is 67.4 Å². The lowest BCUT2D eigenvalue weighted by Crippen LogP contribution is -2.49. The van der Waals surface area contributed by atoms with Gasteiger partial charge in [-0.1, -0.05) is 12.1 Å². The number of amides is 2. The highest BCUT2D eigenvalue weighted by Gasteiger charge is 2.51. The van der Waals surface area contributed by atoms with Gasteiger partial charge < -0.3 is 20.3 Å². The number of nitrogens with zero attached hydrogens (tertiary/aromatic N) is 2. The Kier molecular flexibility index (Phi) is 8.04. The molecule has 43 heavy (non-hydrogen) atoms. The van der Waals surface area contributed by atoms with Gasteiger partial charge in [-0.25, -0.2) is 4.39 Å². The number of likely N-dealkylation sites (tertiary alicyclic amines) is 1. The number of rotatable bonds is 5. The van der Waals surface area contributed by atoms with Gasteiger partial charge in [0.05, 0.1) is 23.3 Å². The van der Waals surface area contributed by atoms with Gasteiger partial charge in [0.1, 0.15) is 5.82 Å². The maximum absolute atomic E-state index is 13.8. The Hall–Kier alpha value is -3.19. The summed E-state index contributed by atoms with van der Waals surface area (Å²) in [5, 5.41) is 0. The molecule has 0 aliphatic carbocycles. The molecular formula is C30H32F7N3O3. The number of halogens is 7. The zero-order valence-electron chi connectivity index (χ0n) is 23.5. The summed E-state index contributed by atoms with van der Waals surface area (Å²) < 4.78 is 101. The van der Waals surface area contributed by atoms with Crippen LogP contribution in [0.25, 0.3) is 0 Å². The normalized spacial score (nSPS) is 28.7. The Balaban J connectivity index is 1.45. The van der Waals surface area contributed by atoms with Crippen LogP contribution in [-0.2, 0) is 26.7 Å².